The van der Waals surface area contributed by atoms with Gasteiger partial charge in [-0.05, 0) is 17.7 Å². The lowest BCUT2D eigenvalue weighted by atomic mass is 10.1. The van der Waals surface area contributed by atoms with Gasteiger partial charge in [0, 0.05) is 10.0 Å². The van der Waals surface area contributed by atoms with Crippen LogP contribution in [0, 0.1) is 5.82 Å². The van der Waals surface area contributed by atoms with Crippen LogP contribution in [0.25, 0.3) is 0 Å². The monoisotopic (exact) mass is 322 g/mol. The molecule has 0 fully saturated rings. The van der Waals surface area contributed by atoms with E-state index in [1.807, 2.05) is 30.3 Å². The normalized spacial score (nSPS) is 10.2. The van der Waals surface area contributed by atoms with Gasteiger partial charge < -0.3 is 4.74 Å². The molecule has 2 aromatic rings. The first-order chi connectivity index (χ1) is 9.15. The van der Waals surface area contributed by atoms with Gasteiger partial charge in [-0.15, -0.1) is 0 Å². The largest absolute Gasteiger partial charge is 0.461 e. The molecular formula is C15H12BrFO2. The Morgan fingerprint density at radius 1 is 1.16 bits per heavy atom. The third-order valence-electron chi connectivity index (χ3n) is 2.60. The molecule has 2 rings (SSSR count). The van der Waals surface area contributed by atoms with E-state index in [0.717, 1.165) is 11.1 Å². The first kappa shape index (κ1) is 13.7. The van der Waals surface area contributed by atoms with Crippen LogP contribution in [-0.2, 0) is 22.6 Å². The second kappa shape index (κ2) is 6.48. The SMILES string of the molecule is O=C(Cc1ccccc1)OCc1ccc(F)cc1Br. The molecule has 0 amide bonds. The van der Waals surface area contributed by atoms with Crippen molar-refractivity contribution in [3.05, 3.63) is 69.9 Å². The smallest absolute Gasteiger partial charge is 0.310 e. The molecule has 0 saturated heterocycles. The van der Waals surface area contributed by atoms with Gasteiger partial charge in [0.25, 0.3) is 0 Å². The van der Waals surface area contributed by atoms with Gasteiger partial charge in [-0.3, -0.25) is 4.79 Å². The van der Waals surface area contributed by atoms with Crippen molar-refractivity contribution < 1.29 is 13.9 Å². The molecule has 0 aliphatic rings. The van der Waals surface area contributed by atoms with Crippen LogP contribution in [0.1, 0.15) is 11.1 Å². The minimum atomic E-state index is -0.328. The molecule has 0 unspecified atom stereocenters. The fourth-order valence-electron chi connectivity index (χ4n) is 1.61. The summed E-state index contributed by atoms with van der Waals surface area (Å²) in [4.78, 5) is 11.7. The van der Waals surface area contributed by atoms with Gasteiger partial charge in [0.05, 0.1) is 6.42 Å². The number of carbonyl (C=O) groups is 1. The summed E-state index contributed by atoms with van der Waals surface area (Å²) in [6, 6.07) is 13.7. The van der Waals surface area contributed by atoms with Crippen molar-refractivity contribution in [1.29, 1.82) is 0 Å². The van der Waals surface area contributed by atoms with Crippen LogP contribution in [0.4, 0.5) is 4.39 Å². The van der Waals surface area contributed by atoms with Gasteiger partial charge in [0.15, 0.2) is 0 Å². The Morgan fingerprint density at radius 2 is 1.89 bits per heavy atom. The molecule has 0 saturated carbocycles. The van der Waals surface area contributed by atoms with Crippen LogP contribution in [0.3, 0.4) is 0 Å². The number of esters is 1. The highest BCUT2D eigenvalue weighted by molar-refractivity contribution is 9.10. The molecule has 0 N–H and O–H groups in total. The van der Waals surface area contributed by atoms with E-state index < -0.39 is 0 Å². The fourth-order valence-corrected chi connectivity index (χ4v) is 2.08. The first-order valence-electron chi connectivity index (χ1n) is 5.78. The molecule has 19 heavy (non-hydrogen) atoms. The molecule has 2 nitrogen and oxygen atoms in total. The Kier molecular flexibility index (Phi) is 4.68. The predicted molar refractivity (Wildman–Crippen MR) is 74.0 cm³/mol. The molecule has 2 aromatic carbocycles. The maximum atomic E-state index is 12.9. The maximum Gasteiger partial charge on any atom is 0.310 e. The number of hydrogen-bond acceptors (Lipinski definition) is 2. The van der Waals surface area contributed by atoms with Crippen molar-refractivity contribution in [3.8, 4) is 0 Å². The summed E-state index contributed by atoms with van der Waals surface area (Å²) in [7, 11) is 0. The van der Waals surface area contributed by atoms with E-state index in [9.17, 15) is 9.18 Å². The molecular weight excluding hydrogens is 311 g/mol. The van der Waals surface area contributed by atoms with Crippen LogP contribution in [0.2, 0.25) is 0 Å². The first-order valence-corrected chi connectivity index (χ1v) is 6.58. The van der Waals surface area contributed by atoms with Crippen molar-refractivity contribution in [2.24, 2.45) is 0 Å². The summed E-state index contributed by atoms with van der Waals surface area (Å²) in [6.07, 6.45) is 0.236. The van der Waals surface area contributed by atoms with Crippen LogP contribution < -0.4 is 0 Å². The van der Waals surface area contributed by atoms with E-state index in [1.54, 1.807) is 6.07 Å². The van der Waals surface area contributed by atoms with Crippen LogP contribution in [-0.4, -0.2) is 5.97 Å². The number of ether oxygens (including phenoxy) is 1. The lowest BCUT2D eigenvalue weighted by Gasteiger charge is -2.07. The summed E-state index contributed by atoms with van der Waals surface area (Å²) < 4.78 is 18.7. The molecule has 98 valence electrons. The second-order valence-corrected chi connectivity index (χ2v) is 4.91. The predicted octanol–water partition coefficient (Wildman–Crippen LogP) is 3.87. The number of carbonyl (C=O) groups excluding carboxylic acids is 1. The second-order valence-electron chi connectivity index (χ2n) is 4.06. The number of rotatable bonds is 4. The average molecular weight is 323 g/mol. The van der Waals surface area contributed by atoms with Crippen molar-refractivity contribution in [3.63, 3.8) is 0 Å². The van der Waals surface area contributed by atoms with E-state index in [0.29, 0.717) is 4.47 Å². The highest BCUT2D eigenvalue weighted by Gasteiger charge is 2.07. The molecule has 0 aromatic heterocycles. The molecule has 0 spiro atoms. The standard InChI is InChI=1S/C15H12BrFO2/c16-14-9-13(17)7-6-12(14)10-19-15(18)8-11-4-2-1-3-5-11/h1-7,9H,8,10H2. The van der Waals surface area contributed by atoms with Crippen molar-refractivity contribution in [2.75, 3.05) is 0 Å². The minimum absolute atomic E-state index is 0.131. The quantitative estimate of drug-likeness (QED) is 0.799. The average Bonchev–Trinajstić information content (AvgIpc) is 2.39. The van der Waals surface area contributed by atoms with Crippen molar-refractivity contribution in [1.82, 2.24) is 0 Å². The summed E-state index contributed by atoms with van der Waals surface area (Å²) in [6.45, 7) is 0.131. The lowest BCUT2D eigenvalue weighted by molar-refractivity contribution is -0.144. The van der Waals surface area contributed by atoms with Gasteiger partial charge in [-0.25, -0.2) is 4.39 Å². The van der Waals surface area contributed by atoms with Crippen LogP contribution in [0.5, 0.6) is 0 Å². The zero-order chi connectivity index (χ0) is 13.7. The third-order valence-corrected chi connectivity index (χ3v) is 3.33. The molecule has 0 atom stereocenters. The molecule has 0 bridgehead atoms. The molecule has 0 radical (unpaired) electrons. The van der Waals surface area contributed by atoms with Gasteiger partial charge in [-0.2, -0.15) is 0 Å². The number of hydrogen-bond donors (Lipinski definition) is 0. The Bertz CT molecular complexity index is 570. The van der Waals surface area contributed by atoms with Crippen molar-refractivity contribution >= 4 is 21.9 Å². The lowest BCUT2D eigenvalue weighted by Crippen LogP contribution is -2.08. The number of benzene rings is 2. The molecule has 0 heterocycles. The zero-order valence-electron chi connectivity index (χ0n) is 10.1. The van der Waals surface area contributed by atoms with E-state index >= 15 is 0 Å². The minimum Gasteiger partial charge on any atom is -0.461 e. The van der Waals surface area contributed by atoms with E-state index in [-0.39, 0.29) is 24.8 Å². The highest BCUT2D eigenvalue weighted by Crippen LogP contribution is 2.19. The fraction of sp³-hybridized carbons (Fsp3) is 0.133. The number of halogens is 2. The zero-order valence-corrected chi connectivity index (χ0v) is 11.7. The summed E-state index contributed by atoms with van der Waals surface area (Å²) >= 11 is 3.23. The van der Waals surface area contributed by atoms with E-state index in [4.69, 9.17) is 4.74 Å². The Morgan fingerprint density at radius 3 is 2.58 bits per heavy atom. The summed E-state index contributed by atoms with van der Waals surface area (Å²) in [5, 5.41) is 0. The Labute approximate surface area is 119 Å². The van der Waals surface area contributed by atoms with E-state index in [1.165, 1.54) is 12.1 Å². The van der Waals surface area contributed by atoms with Crippen molar-refractivity contribution in [2.45, 2.75) is 13.0 Å². The van der Waals surface area contributed by atoms with Gasteiger partial charge in [-0.1, -0.05) is 52.3 Å². The van der Waals surface area contributed by atoms with Gasteiger partial charge in [0.2, 0.25) is 0 Å². The Balaban J connectivity index is 1.90. The maximum absolute atomic E-state index is 12.9. The topological polar surface area (TPSA) is 26.3 Å². The van der Waals surface area contributed by atoms with Gasteiger partial charge in [0.1, 0.15) is 12.4 Å². The molecule has 0 aliphatic carbocycles. The van der Waals surface area contributed by atoms with E-state index in [2.05, 4.69) is 15.9 Å². The Hall–Kier alpha value is -1.68. The van der Waals surface area contributed by atoms with Crippen LogP contribution >= 0.6 is 15.9 Å². The van der Waals surface area contributed by atoms with Gasteiger partial charge >= 0.3 is 5.97 Å². The third kappa shape index (κ3) is 4.17. The van der Waals surface area contributed by atoms with Crippen LogP contribution in [0.15, 0.2) is 53.0 Å². The highest BCUT2D eigenvalue weighted by atomic mass is 79.9. The summed E-state index contributed by atoms with van der Waals surface area (Å²) in [5.41, 5.74) is 1.65. The summed E-state index contributed by atoms with van der Waals surface area (Å²) in [5.74, 6) is -0.631. The molecule has 4 heteroatoms. The molecule has 0 aliphatic heterocycles.